The van der Waals surface area contributed by atoms with Gasteiger partial charge in [-0.3, -0.25) is 0 Å². The minimum absolute atomic E-state index is 0.581. The molecule has 0 aliphatic heterocycles. The molecule has 1 fully saturated rings. The van der Waals surface area contributed by atoms with E-state index in [0.717, 1.165) is 25.7 Å². The van der Waals surface area contributed by atoms with Crippen molar-refractivity contribution in [1.82, 2.24) is 5.32 Å². The highest BCUT2D eigenvalue weighted by atomic mass is 16.5. The monoisotopic (exact) mass is 241 g/mol. The Morgan fingerprint density at radius 3 is 2.41 bits per heavy atom. The van der Waals surface area contributed by atoms with Crippen LogP contribution in [0.5, 0.6) is 0 Å². The average molecular weight is 241 g/mol. The van der Waals surface area contributed by atoms with E-state index >= 15 is 0 Å². The maximum Gasteiger partial charge on any atom is 0.0619 e. The summed E-state index contributed by atoms with van der Waals surface area (Å²) >= 11 is 0. The Kier molecular flexibility index (Phi) is 8.72. The first-order valence-corrected chi connectivity index (χ1v) is 7.68. The first-order chi connectivity index (χ1) is 8.36. The molecule has 0 spiro atoms. The molecule has 1 saturated carbocycles. The molecule has 0 aromatic rings. The van der Waals surface area contributed by atoms with Gasteiger partial charge in [-0.1, -0.05) is 45.4 Å². The molecule has 17 heavy (non-hydrogen) atoms. The molecule has 0 radical (unpaired) electrons. The third kappa shape index (κ3) is 7.05. The summed E-state index contributed by atoms with van der Waals surface area (Å²) in [5.41, 5.74) is 0. The molecule has 0 heterocycles. The van der Waals surface area contributed by atoms with Gasteiger partial charge in [0.2, 0.25) is 0 Å². The van der Waals surface area contributed by atoms with Gasteiger partial charge in [-0.25, -0.2) is 0 Å². The van der Waals surface area contributed by atoms with Crippen LogP contribution in [-0.4, -0.2) is 25.8 Å². The Balaban J connectivity index is 2.28. The molecule has 1 N–H and O–H groups in total. The number of ether oxygens (including phenoxy) is 1. The topological polar surface area (TPSA) is 21.3 Å². The number of nitrogens with one attached hydrogen (secondary N) is 1. The van der Waals surface area contributed by atoms with E-state index in [1.807, 2.05) is 0 Å². The molecule has 0 aromatic carbocycles. The minimum atomic E-state index is 0.581. The van der Waals surface area contributed by atoms with Gasteiger partial charge in [-0.05, 0) is 32.2 Å². The van der Waals surface area contributed by atoms with Crippen molar-refractivity contribution in [3.05, 3.63) is 0 Å². The second-order valence-electron chi connectivity index (χ2n) is 5.40. The van der Waals surface area contributed by atoms with E-state index in [4.69, 9.17) is 4.74 Å². The van der Waals surface area contributed by atoms with Gasteiger partial charge in [0.05, 0.1) is 6.61 Å². The lowest BCUT2D eigenvalue weighted by Gasteiger charge is -2.23. The molecular formula is C15H31NO. The van der Waals surface area contributed by atoms with Crippen molar-refractivity contribution in [3.8, 4) is 0 Å². The number of rotatable bonds is 8. The van der Waals surface area contributed by atoms with E-state index in [1.54, 1.807) is 0 Å². The summed E-state index contributed by atoms with van der Waals surface area (Å²) in [7, 11) is 0. The first kappa shape index (κ1) is 15.0. The van der Waals surface area contributed by atoms with Gasteiger partial charge in [0.15, 0.2) is 0 Å². The summed E-state index contributed by atoms with van der Waals surface area (Å²) in [4.78, 5) is 0. The van der Waals surface area contributed by atoms with E-state index in [-0.39, 0.29) is 0 Å². The van der Waals surface area contributed by atoms with Gasteiger partial charge in [0.25, 0.3) is 0 Å². The highest BCUT2D eigenvalue weighted by molar-refractivity contribution is 4.73. The Hall–Kier alpha value is -0.0800. The van der Waals surface area contributed by atoms with Crippen LogP contribution in [0.3, 0.4) is 0 Å². The van der Waals surface area contributed by atoms with Crippen molar-refractivity contribution < 1.29 is 4.74 Å². The summed E-state index contributed by atoms with van der Waals surface area (Å²) in [5.74, 6) is 0.937. The van der Waals surface area contributed by atoms with Crippen LogP contribution in [0.15, 0.2) is 0 Å². The Morgan fingerprint density at radius 2 is 1.82 bits per heavy atom. The quantitative estimate of drug-likeness (QED) is 0.653. The van der Waals surface area contributed by atoms with Gasteiger partial charge >= 0.3 is 0 Å². The third-order valence-corrected chi connectivity index (χ3v) is 3.80. The van der Waals surface area contributed by atoms with Gasteiger partial charge in [0, 0.05) is 12.6 Å². The fraction of sp³-hybridized carbons (Fsp3) is 1.00. The SMILES string of the molecule is CCCNC(COCC)CC1CCCCCC1. The molecule has 102 valence electrons. The van der Waals surface area contributed by atoms with Crippen molar-refractivity contribution in [2.75, 3.05) is 19.8 Å². The van der Waals surface area contributed by atoms with Crippen molar-refractivity contribution >= 4 is 0 Å². The van der Waals surface area contributed by atoms with E-state index in [9.17, 15) is 0 Å². The Labute approximate surface area is 108 Å². The average Bonchev–Trinajstić information content (AvgIpc) is 2.61. The zero-order valence-corrected chi connectivity index (χ0v) is 11.8. The molecule has 1 aliphatic carbocycles. The number of hydrogen-bond acceptors (Lipinski definition) is 2. The largest absolute Gasteiger partial charge is 0.380 e. The van der Waals surface area contributed by atoms with E-state index in [2.05, 4.69) is 19.2 Å². The lowest BCUT2D eigenvalue weighted by molar-refractivity contribution is 0.113. The lowest BCUT2D eigenvalue weighted by Crippen LogP contribution is -2.36. The van der Waals surface area contributed by atoms with Gasteiger partial charge in [0.1, 0.15) is 0 Å². The number of hydrogen-bond donors (Lipinski definition) is 1. The maximum absolute atomic E-state index is 5.60. The molecule has 2 nitrogen and oxygen atoms in total. The summed E-state index contributed by atoms with van der Waals surface area (Å²) < 4.78 is 5.60. The summed E-state index contributed by atoms with van der Waals surface area (Å²) in [6.07, 6.45) is 11.2. The zero-order valence-electron chi connectivity index (χ0n) is 11.8. The van der Waals surface area contributed by atoms with Gasteiger partial charge < -0.3 is 10.1 Å². The Morgan fingerprint density at radius 1 is 1.12 bits per heavy atom. The molecule has 1 unspecified atom stereocenters. The second-order valence-corrected chi connectivity index (χ2v) is 5.40. The highest BCUT2D eigenvalue weighted by Crippen LogP contribution is 2.26. The Bertz CT molecular complexity index is 156. The molecule has 0 amide bonds. The van der Waals surface area contributed by atoms with Crippen LogP contribution in [0.1, 0.15) is 65.2 Å². The molecule has 1 atom stereocenters. The molecule has 2 heteroatoms. The van der Waals surface area contributed by atoms with Crippen LogP contribution >= 0.6 is 0 Å². The fourth-order valence-electron chi connectivity index (χ4n) is 2.82. The van der Waals surface area contributed by atoms with Gasteiger partial charge in [-0.2, -0.15) is 0 Å². The van der Waals surface area contributed by atoms with Crippen molar-refractivity contribution in [2.45, 2.75) is 71.3 Å². The smallest absolute Gasteiger partial charge is 0.0619 e. The van der Waals surface area contributed by atoms with E-state index < -0.39 is 0 Å². The van der Waals surface area contributed by atoms with E-state index in [1.165, 1.54) is 51.4 Å². The van der Waals surface area contributed by atoms with Gasteiger partial charge in [-0.15, -0.1) is 0 Å². The maximum atomic E-state index is 5.60. The zero-order chi connectivity index (χ0) is 12.3. The molecular weight excluding hydrogens is 210 g/mol. The van der Waals surface area contributed by atoms with Crippen LogP contribution in [0.2, 0.25) is 0 Å². The lowest BCUT2D eigenvalue weighted by atomic mass is 9.93. The third-order valence-electron chi connectivity index (χ3n) is 3.80. The van der Waals surface area contributed by atoms with Crippen LogP contribution in [0, 0.1) is 5.92 Å². The van der Waals surface area contributed by atoms with E-state index in [0.29, 0.717) is 6.04 Å². The predicted molar refractivity (Wildman–Crippen MR) is 74.4 cm³/mol. The standard InChI is InChI=1S/C15H31NO/c1-3-11-16-15(13-17-4-2)12-14-9-7-5-6-8-10-14/h14-16H,3-13H2,1-2H3. The van der Waals surface area contributed by atoms with Crippen LogP contribution in [0.25, 0.3) is 0 Å². The van der Waals surface area contributed by atoms with Crippen LogP contribution < -0.4 is 5.32 Å². The van der Waals surface area contributed by atoms with Crippen molar-refractivity contribution in [1.29, 1.82) is 0 Å². The molecule has 0 bridgehead atoms. The summed E-state index contributed by atoms with van der Waals surface area (Å²) in [5, 5.41) is 3.65. The summed E-state index contributed by atoms with van der Waals surface area (Å²) in [6.45, 7) is 7.19. The molecule has 0 aromatic heterocycles. The van der Waals surface area contributed by atoms with Crippen LogP contribution in [0.4, 0.5) is 0 Å². The fourth-order valence-corrected chi connectivity index (χ4v) is 2.82. The van der Waals surface area contributed by atoms with Crippen LogP contribution in [-0.2, 0) is 4.74 Å². The predicted octanol–water partition coefficient (Wildman–Crippen LogP) is 3.75. The molecule has 1 rings (SSSR count). The second kappa shape index (κ2) is 9.90. The van der Waals surface area contributed by atoms with Crippen molar-refractivity contribution in [2.24, 2.45) is 5.92 Å². The highest BCUT2D eigenvalue weighted by Gasteiger charge is 2.17. The van der Waals surface area contributed by atoms with Crippen molar-refractivity contribution in [3.63, 3.8) is 0 Å². The minimum Gasteiger partial charge on any atom is -0.380 e. The molecule has 0 saturated heterocycles. The normalized spacial score (nSPS) is 20.1. The molecule has 1 aliphatic rings. The summed E-state index contributed by atoms with van der Waals surface area (Å²) in [6, 6.07) is 0.581. The first-order valence-electron chi connectivity index (χ1n) is 7.68.